The van der Waals surface area contributed by atoms with Gasteiger partial charge < -0.3 is 9.64 Å². The van der Waals surface area contributed by atoms with Gasteiger partial charge >= 0.3 is 0 Å². The van der Waals surface area contributed by atoms with Crippen molar-refractivity contribution in [3.05, 3.63) is 0 Å². The molecule has 4 heteroatoms. The van der Waals surface area contributed by atoms with E-state index in [1.165, 1.54) is 6.42 Å². The van der Waals surface area contributed by atoms with Crippen molar-refractivity contribution in [2.45, 2.75) is 44.2 Å². The molecule has 0 aromatic rings. The summed E-state index contributed by atoms with van der Waals surface area (Å²) in [6.07, 6.45) is 5.09. The molecule has 1 heterocycles. The maximum atomic E-state index is 11.9. The normalized spacial score (nSPS) is 30.3. The molecule has 2 unspecified atom stereocenters. The van der Waals surface area contributed by atoms with Crippen LogP contribution in [-0.2, 0) is 9.53 Å². The quantitative estimate of drug-likeness (QED) is 0.693. The Morgan fingerprint density at radius 2 is 2.33 bits per heavy atom. The van der Waals surface area contributed by atoms with Crippen LogP contribution >= 0.6 is 11.6 Å². The molecule has 1 amide bonds. The summed E-state index contributed by atoms with van der Waals surface area (Å²) < 4.78 is 5.67. The molecule has 15 heavy (non-hydrogen) atoms. The van der Waals surface area contributed by atoms with E-state index in [4.69, 9.17) is 16.3 Å². The number of carbonyl (C=O) groups excluding carboxylic acids is 1. The molecule has 1 aliphatic carbocycles. The maximum absolute atomic E-state index is 11.9. The van der Waals surface area contributed by atoms with E-state index in [0.717, 1.165) is 25.8 Å². The number of hydrogen-bond acceptors (Lipinski definition) is 2. The topological polar surface area (TPSA) is 29.5 Å². The number of ether oxygens (including phenoxy) is 1. The van der Waals surface area contributed by atoms with Crippen LogP contribution in [-0.4, -0.2) is 42.0 Å². The second-order valence-corrected chi connectivity index (χ2v) is 4.67. The summed E-state index contributed by atoms with van der Waals surface area (Å²) in [6.45, 7) is 1.47. The van der Waals surface area contributed by atoms with Gasteiger partial charge in [0.25, 0.3) is 0 Å². The van der Waals surface area contributed by atoms with Crippen LogP contribution in [0.1, 0.15) is 32.1 Å². The van der Waals surface area contributed by atoms with Crippen molar-refractivity contribution in [2.75, 3.05) is 19.0 Å². The van der Waals surface area contributed by atoms with Crippen molar-refractivity contribution in [3.8, 4) is 0 Å². The molecule has 2 atom stereocenters. The Balaban J connectivity index is 1.92. The first-order chi connectivity index (χ1) is 7.33. The zero-order valence-corrected chi connectivity index (χ0v) is 9.71. The molecule has 3 nitrogen and oxygen atoms in total. The molecule has 0 aromatic heterocycles. The summed E-state index contributed by atoms with van der Waals surface area (Å²) >= 11 is 5.60. The van der Waals surface area contributed by atoms with Gasteiger partial charge in [-0.1, -0.05) is 0 Å². The van der Waals surface area contributed by atoms with Gasteiger partial charge in [-0.05, 0) is 25.7 Å². The molecule has 1 saturated carbocycles. The average Bonchev–Trinajstić information content (AvgIpc) is 2.73. The highest BCUT2D eigenvalue weighted by Gasteiger charge is 2.37. The Kier molecular flexibility index (Phi) is 3.87. The largest absolute Gasteiger partial charge is 0.374 e. The van der Waals surface area contributed by atoms with Gasteiger partial charge in [0.15, 0.2) is 0 Å². The van der Waals surface area contributed by atoms with Crippen LogP contribution in [0.4, 0.5) is 0 Å². The van der Waals surface area contributed by atoms with Crippen LogP contribution in [0, 0.1) is 0 Å². The first kappa shape index (κ1) is 11.2. The molecule has 2 aliphatic rings. The fraction of sp³-hybridized carbons (Fsp3) is 0.909. The molecule has 0 aromatic carbocycles. The van der Waals surface area contributed by atoms with E-state index in [9.17, 15) is 4.79 Å². The van der Waals surface area contributed by atoms with Crippen molar-refractivity contribution >= 4 is 17.5 Å². The Bertz CT molecular complexity index is 235. The van der Waals surface area contributed by atoms with Crippen LogP contribution in [0.3, 0.4) is 0 Å². The summed E-state index contributed by atoms with van der Waals surface area (Å²) in [5.41, 5.74) is 0. The fourth-order valence-corrected chi connectivity index (χ4v) is 2.73. The Morgan fingerprint density at radius 1 is 1.47 bits per heavy atom. The summed E-state index contributed by atoms with van der Waals surface area (Å²) in [5.74, 6) is 0.834. The minimum absolute atomic E-state index is 0.260. The van der Waals surface area contributed by atoms with Gasteiger partial charge in [0.2, 0.25) is 5.91 Å². The number of morpholine rings is 1. The lowest BCUT2D eigenvalue weighted by Crippen LogP contribution is -2.51. The predicted molar refractivity (Wildman–Crippen MR) is 59.0 cm³/mol. The maximum Gasteiger partial charge on any atom is 0.223 e. The van der Waals surface area contributed by atoms with Gasteiger partial charge in [-0.25, -0.2) is 0 Å². The Morgan fingerprint density at radius 3 is 3.13 bits per heavy atom. The highest BCUT2D eigenvalue weighted by atomic mass is 35.5. The molecule has 0 radical (unpaired) electrons. The summed E-state index contributed by atoms with van der Waals surface area (Å²) in [4.78, 5) is 13.9. The van der Waals surface area contributed by atoms with E-state index >= 15 is 0 Å². The van der Waals surface area contributed by atoms with Crippen LogP contribution in [0.5, 0.6) is 0 Å². The van der Waals surface area contributed by atoms with E-state index in [1.54, 1.807) is 0 Å². The van der Waals surface area contributed by atoms with Crippen molar-refractivity contribution in [1.29, 1.82) is 0 Å². The van der Waals surface area contributed by atoms with Crippen molar-refractivity contribution < 1.29 is 9.53 Å². The molecule has 1 aliphatic heterocycles. The second-order valence-electron chi connectivity index (χ2n) is 4.29. The van der Waals surface area contributed by atoms with E-state index < -0.39 is 0 Å². The smallest absolute Gasteiger partial charge is 0.223 e. The van der Waals surface area contributed by atoms with Crippen LogP contribution in [0.25, 0.3) is 0 Å². The van der Waals surface area contributed by atoms with Gasteiger partial charge in [-0.2, -0.15) is 0 Å². The first-order valence-corrected chi connectivity index (χ1v) is 6.33. The Hall–Kier alpha value is -0.280. The van der Waals surface area contributed by atoms with Crippen molar-refractivity contribution in [2.24, 2.45) is 0 Å². The van der Waals surface area contributed by atoms with Crippen molar-refractivity contribution in [1.82, 2.24) is 4.90 Å². The molecule has 1 saturated heterocycles. The molecule has 2 rings (SSSR count). The number of hydrogen-bond donors (Lipinski definition) is 0. The minimum atomic E-state index is 0.260. The molecule has 86 valence electrons. The van der Waals surface area contributed by atoms with Crippen LogP contribution in [0.15, 0.2) is 0 Å². The fourth-order valence-electron chi connectivity index (χ4n) is 2.60. The van der Waals surface area contributed by atoms with Crippen LogP contribution in [0.2, 0.25) is 0 Å². The Labute approximate surface area is 95.7 Å². The third-order valence-electron chi connectivity index (χ3n) is 3.33. The van der Waals surface area contributed by atoms with Crippen LogP contribution < -0.4 is 0 Å². The molecular weight excluding hydrogens is 214 g/mol. The summed E-state index contributed by atoms with van der Waals surface area (Å²) in [7, 11) is 0. The number of carbonyl (C=O) groups is 1. The highest BCUT2D eigenvalue weighted by Crippen LogP contribution is 2.30. The molecule has 0 spiro atoms. The molecule has 0 N–H and O–H groups in total. The summed E-state index contributed by atoms with van der Waals surface area (Å²) in [5, 5.41) is 0. The molecule has 0 bridgehead atoms. The van der Waals surface area contributed by atoms with Gasteiger partial charge in [0, 0.05) is 18.8 Å². The third-order valence-corrected chi connectivity index (χ3v) is 3.59. The zero-order valence-electron chi connectivity index (χ0n) is 8.95. The molecular formula is C11H18ClNO2. The van der Waals surface area contributed by atoms with Gasteiger partial charge in [-0.15, -0.1) is 11.6 Å². The standard InChI is InChI=1S/C11H18ClNO2/c12-6-2-5-11(14)13-7-8-15-10-4-1-3-9(10)13/h9-10H,1-8H2. The number of amides is 1. The second kappa shape index (κ2) is 5.17. The third kappa shape index (κ3) is 2.45. The first-order valence-electron chi connectivity index (χ1n) is 5.80. The number of nitrogens with zero attached hydrogens (tertiary/aromatic N) is 1. The number of fused-ring (bicyclic) bond motifs is 1. The van der Waals surface area contributed by atoms with E-state index in [1.807, 2.05) is 4.90 Å². The lowest BCUT2D eigenvalue weighted by molar-refractivity contribution is -0.143. The van der Waals surface area contributed by atoms with Crippen molar-refractivity contribution in [3.63, 3.8) is 0 Å². The zero-order chi connectivity index (χ0) is 10.7. The summed E-state index contributed by atoms with van der Waals surface area (Å²) in [6, 6.07) is 0.349. The van der Waals surface area contributed by atoms with E-state index in [-0.39, 0.29) is 5.91 Å². The lowest BCUT2D eigenvalue weighted by Gasteiger charge is -2.37. The number of alkyl halides is 1. The number of rotatable bonds is 3. The molecule has 2 fully saturated rings. The lowest BCUT2D eigenvalue weighted by atomic mass is 10.1. The average molecular weight is 232 g/mol. The SMILES string of the molecule is O=C(CCCCl)N1CCOC2CCCC21. The predicted octanol–water partition coefficient (Wildman–Crippen LogP) is 1.79. The monoisotopic (exact) mass is 231 g/mol. The number of halogens is 1. The van der Waals surface area contributed by atoms with E-state index in [0.29, 0.717) is 31.1 Å². The van der Waals surface area contributed by atoms with E-state index in [2.05, 4.69) is 0 Å². The van der Waals surface area contributed by atoms with Gasteiger partial charge in [0.05, 0.1) is 18.8 Å². The highest BCUT2D eigenvalue weighted by molar-refractivity contribution is 6.17. The van der Waals surface area contributed by atoms with Gasteiger partial charge in [-0.3, -0.25) is 4.79 Å². The minimum Gasteiger partial charge on any atom is -0.374 e. The van der Waals surface area contributed by atoms with Gasteiger partial charge in [0.1, 0.15) is 0 Å².